The number of aryl methyl sites for hydroxylation is 1. The molecule has 1 aromatic carbocycles. The van der Waals surface area contributed by atoms with Gasteiger partial charge in [-0.1, -0.05) is 26.0 Å². The Balaban J connectivity index is 1.95. The Labute approximate surface area is 140 Å². The standard InChI is InChI=1S/C18H22N2O2S/c1-12-6-5-7-15(13(12)2)20-17(22)16(21)19-11-18(3,4)14-8-9-23-10-14/h5-10H,11H2,1-4H3,(H,19,21)(H,20,22). The minimum absolute atomic E-state index is 0.213. The Morgan fingerprint density at radius 2 is 1.87 bits per heavy atom. The Morgan fingerprint density at radius 1 is 1.13 bits per heavy atom. The molecule has 0 unspecified atom stereocenters. The van der Waals surface area contributed by atoms with Crippen LogP contribution in [0.25, 0.3) is 0 Å². The number of carbonyl (C=O) groups excluding carboxylic acids is 2. The van der Waals surface area contributed by atoms with Crippen LogP contribution in [0, 0.1) is 13.8 Å². The molecule has 4 nitrogen and oxygen atoms in total. The summed E-state index contributed by atoms with van der Waals surface area (Å²) >= 11 is 1.62. The molecule has 0 aliphatic heterocycles. The van der Waals surface area contributed by atoms with E-state index in [1.807, 2.05) is 51.3 Å². The van der Waals surface area contributed by atoms with Gasteiger partial charge < -0.3 is 10.6 Å². The highest BCUT2D eigenvalue weighted by atomic mass is 32.1. The zero-order valence-electron chi connectivity index (χ0n) is 13.9. The molecule has 0 atom stereocenters. The monoisotopic (exact) mass is 330 g/mol. The Bertz CT molecular complexity index is 706. The van der Waals surface area contributed by atoms with E-state index in [1.165, 1.54) is 0 Å². The number of anilines is 1. The second kappa shape index (κ2) is 6.96. The van der Waals surface area contributed by atoms with Crippen LogP contribution in [0.2, 0.25) is 0 Å². The first-order valence-electron chi connectivity index (χ1n) is 7.49. The summed E-state index contributed by atoms with van der Waals surface area (Å²) in [5, 5.41) is 9.46. The third-order valence-electron chi connectivity index (χ3n) is 4.05. The molecule has 0 saturated heterocycles. The smallest absolute Gasteiger partial charge is 0.313 e. The molecule has 0 spiro atoms. The van der Waals surface area contributed by atoms with Gasteiger partial charge in [-0.05, 0) is 53.4 Å². The average Bonchev–Trinajstić information content (AvgIpc) is 3.04. The number of rotatable bonds is 4. The van der Waals surface area contributed by atoms with Crippen LogP contribution in [0.3, 0.4) is 0 Å². The van der Waals surface area contributed by atoms with E-state index in [0.717, 1.165) is 16.7 Å². The van der Waals surface area contributed by atoms with E-state index in [2.05, 4.69) is 16.0 Å². The summed E-state index contributed by atoms with van der Waals surface area (Å²) in [6.07, 6.45) is 0. The zero-order chi connectivity index (χ0) is 17.0. The Kier molecular flexibility index (Phi) is 5.21. The van der Waals surface area contributed by atoms with Crippen LogP contribution in [0.5, 0.6) is 0 Å². The lowest BCUT2D eigenvalue weighted by molar-refractivity contribution is -0.136. The predicted molar refractivity (Wildman–Crippen MR) is 94.9 cm³/mol. The van der Waals surface area contributed by atoms with Gasteiger partial charge in [0.2, 0.25) is 0 Å². The Hall–Kier alpha value is -2.14. The number of carbonyl (C=O) groups is 2. The quantitative estimate of drug-likeness (QED) is 0.844. The summed E-state index contributed by atoms with van der Waals surface area (Å²) < 4.78 is 0. The molecule has 1 aromatic heterocycles. The highest BCUT2D eigenvalue weighted by Gasteiger charge is 2.24. The van der Waals surface area contributed by atoms with E-state index < -0.39 is 11.8 Å². The largest absolute Gasteiger partial charge is 0.347 e. The van der Waals surface area contributed by atoms with E-state index in [4.69, 9.17) is 0 Å². The lowest BCUT2D eigenvalue weighted by Crippen LogP contribution is -2.42. The van der Waals surface area contributed by atoms with Gasteiger partial charge in [-0.3, -0.25) is 9.59 Å². The first-order chi connectivity index (χ1) is 10.8. The van der Waals surface area contributed by atoms with Gasteiger partial charge in [-0.15, -0.1) is 0 Å². The third-order valence-corrected chi connectivity index (χ3v) is 4.74. The molecule has 5 heteroatoms. The van der Waals surface area contributed by atoms with E-state index in [0.29, 0.717) is 12.2 Å². The number of hydrogen-bond acceptors (Lipinski definition) is 3. The van der Waals surface area contributed by atoms with Gasteiger partial charge in [0.05, 0.1) is 0 Å². The molecule has 23 heavy (non-hydrogen) atoms. The van der Waals surface area contributed by atoms with E-state index in [9.17, 15) is 9.59 Å². The van der Waals surface area contributed by atoms with Crippen LogP contribution in [0.15, 0.2) is 35.0 Å². The summed E-state index contributed by atoms with van der Waals surface area (Å²) in [5.41, 5.74) is 3.64. The molecule has 1 heterocycles. The van der Waals surface area contributed by atoms with Gasteiger partial charge in [0.1, 0.15) is 0 Å². The average molecular weight is 330 g/mol. The van der Waals surface area contributed by atoms with E-state index >= 15 is 0 Å². The summed E-state index contributed by atoms with van der Waals surface area (Å²) in [4.78, 5) is 24.1. The minimum Gasteiger partial charge on any atom is -0.347 e. The molecule has 0 saturated carbocycles. The van der Waals surface area contributed by atoms with Crippen molar-refractivity contribution in [2.24, 2.45) is 0 Å². The van der Waals surface area contributed by atoms with Crippen LogP contribution in [-0.2, 0) is 15.0 Å². The SMILES string of the molecule is Cc1cccc(NC(=O)C(=O)NCC(C)(C)c2ccsc2)c1C. The molecule has 122 valence electrons. The fraction of sp³-hybridized carbons (Fsp3) is 0.333. The second-order valence-electron chi connectivity index (χ2n) is 6.28. The van der Waals surface area contributed by atoms with Gasteiger partial charge in [-0.25, -0.2) is 0 Å². The molecule has 0 radical (unpaired) electrons. The van der Waals surface area contributed by atoms with Crippen molar-refractivity contribution in [3.05, 3.63) is 51.7 Å². The van der Waals surface area contributed by atoms with Crippen molar-refractivity contribution in [2.45, 2.75) is 33.1 Å². The summed E-state index contributed by atoms with van der Waals surface area (Å²) in [5.74, 6) is -1.26. The van der Waals surface area contributed by atoms with Crippen molar-refractivity contribution >= 4 is 28.8 Å². The van der Waals surface area contributed by atoms with Crippen molar-refractivity contribution < 1.29 is 9.59 Å². The lowest BCUT2D eigenvalue weighted by Gasteiger charge is -2.24. The van der Waals surface area contributed by atoms with Gasteiger partial charge in [0.15, 0.2) is 0 Å². The van der Waals surface area contributed by atoms with Gasteiger partial charge >= 0.3 is 11.8 Å². The number of thiophene rings is 1. The van der Waals surface area contributed by atoms with E-state index in [-0.39, 0.29) is 5.41 Å². The number of amides is 2. The van der Waals surface area contributed by atoms with Crippen LogP contribution in [0.1, 0.15) is 30.5 Å². The molecule has 2 N–H and O–H groups in total. The normalized spacial score (nSPS) is 11.1. The zero-order valence-corrected chi connectivity index (χ0v) is 14.7. The molecule has 0 bridgehead atoms. The maximum absolute atomic E-state index is 12.1. The number of nitrogens with one attached hydrogen (secondary N) is 2. The first kappa shape index (κ1) is 17.2. The highest BCUT2D eigenvalue weighted by molar-refractivity contribution is 7.08. The Morgan fingerprint density at radius 3 is 2.52 bits per heavy atom. The molecule has 2 aromatic rings. The van der Waals surface area contributed by atoms with Crippen molar-refractivity contribution in [2.75, 3.05) is 11.9 Å². The molecule has 0 fully saturated rings. The van der Waals surface area contributed by atoms with Gasteiger partial charge in [0, 0.05) is 17.6 Å². The predicted octanol–water partition coefficient (Wildman–Crippen LogP) is 3.40. The molecule has 0 aliphatic rings. The maximum atomic E-state index is 12.1. The van der Waals surface area contributed by atoms with Crippen molar-refractivity contribution in [3.8, 4) is 0 Å². The van der Waals surface area contributed by atoms with Crippen molar-refractivity contribution in [1.29, 1.82) is 0 Å². The highest BCUT2D eigenvalue weighted by Crippen LogP contribution is 2.24. The maximum Gasteiger partial charge on any atom is 0.313 e. The fourth-order valence-corrected chi connectivity index (χ4v) is 3.05. The van der Waals surface area contributed by atoms with Gasteiger partial charge in [-0.2, -0.15) is 11.3 Å². The van der Waals surface area contributed by atoms with Crippen LogP contribution in [0.4, 0.5) is 5.69 Å². The molecular formula is C18H22N2O2S. The summed E-state index contributed by atoms with van der Waals surface area (Å²) in [7, 11) is 0. The van der Waals surface area contributed by atoms with Gasteiger partial charge in [0.25, 0.3) is 0 Å². The molecular weight excluding hydrogens is 308 g/mol. The fourth-order valence-electron chi connectivity index (χ4n) is 2.20. The van der Waals surface area contributed by atoms with Crippen LogP contribution < -0.4 is 10.6 Å². The van der Waals surface area contributed by atoms with Crippen LogP contribution in [-0.4, -0.2) is 18.4 Å². The summed E-state index contributed by atoms with van der Waals surface area (Å²) in [6, 6.07) is 7.65. The second-order valence-corrected chi connectivity index (χ2v) is 7.06. The van der Waals surface area contributed by atoms with Crippen LogP contribution >= 0.6 is 11.3 Å². The molecule has 0 aliphatic carbocycles. The van der Waals surface area contributed by atoms with E-state index in [1.54, 1.807) is 17.4 Å². The van der Waals surface area contributed by atoms with Crippen molar-refractivity contribution in [1.82, 2.24) is 5.32 Å². The third kappa shape index (κ3) is 4.20. The van der Waals surface area contributed by atoms with Crippen molar-refractivity contribution in [3.63, 3.8) is 0 Å². The number of hydrogen-bond donors (Lipinski definition) is 2. The summed E-state index contributed by atoms with van der Waals surface area (Å²) in [6.45, 7) is 8.37. The molecule has 2 rings (SSSR count). The first-order valence-corrected chi connectivity index (χ1v) is 8.43. The number of benzene rings is 1. The lowest BCUT2D eigenvalue weighted by atomic mass is 9.86. The molecule has 2 amide bonds. The minimum atomic E-state index is -0.639. The topological polar surface area (TPSA) is 58.2 Å².